The number of thioether (sulfide) groups is 1. The minimum absolute atomic E-state index is 0.411. The van der Waals surface area contributed by atoms with Crippen LogP contribution in [0.25, 0.3) is 0 Å². The maximum absolute atomic E-state index is 8.43. The maximum atomic E-state index is 8.43. The van der Waals surface area contributed by atoms with E-state index in [1.165, 1.54) is 0 Å². The second kappa shape index (κ2) is 6.50. The summed E-state index contributed by atoms with van der Waals surface area (Å²) in [6.07, 6.45) is 0. The van der Waals surface area contributed by atoms with Gasteiger partial charge in [0.25, 0.3) is 0 Å². The van der Waals surface area contributed by atoms with Crippen molar-refractivity contribution in [2.75, 3.05) is 12.4 Å². The van der Waals surface area contributed by atoms with Crippen LogP contribution in [-0.2, 0) is 4.74 Å². The first-order chi connectivity index (χ1) is 4.85. The summed E-state index contributed by atoms with van der Waals surface area (Å²) in [4.78, 5) is 0. The normalized spacial score (nSPS) is 10.7. The Bertz CT molecular complexity index is 148. The fourth-order valence-corrected chi connectivity index (χ4v) is 0.846. The van der Waals surface area contributed by atoms with Gasteiger partial charge in [0.15, 0.2) is 0 Å². The number of rotatable bonds is 4. The maximum Gasteiger partial charge on any atom is 0.203 e. The third-order valence-corrected chi connectivity index (χ3v) is 1.48. The van der Waals surface area contributed by atoms with Crippen molar-refractivity contribution in [2.45, 2.75) is 13.8 Å². The summed E-state index contributed by atoms with van der Waals surface area (Å²) in [5, 5.41) is 10.2. The quantitative estimate of drug-likeness (QED) is 0.463. The average Bonchev–Trinajstić information content (AvgIpc) is 1.98. The van der Waals surface area contributed by atoms with Gasteiger partial charge in [-0.2, -0.15) is 5.26 Å². The highest BCUT2D eigenvalue weighted by atomic mass is 32.2. The molecule has 0 atom stereocenters. The second-order valence-corrected chi connectivity index (χ2v) is 2.63. The lowest BCUT2D eigenvalue weighted by Gasteiger charge is -1.97. The van der Waals surface area contributed by atoms with Crippen molar-refractivity contribution in [1.82, 2.24) is 0 Å². The first kappa shape index (κ1) is 9.38. The van der Waals surface area contributed by atoms with Gasteiger partial charge < -0.3 is 4.74 Å². The zero-order chi connectivity index (χ0) is 7.82. The van der Waals surface area contributed by atoms with Gasteiger partial charge in [0.2, 0.25) is 5.76 Å². The topological polar surface area (TPSA) is 33.0 Å². The summed E-state index contributed by atoms with van der Waals surface area (Å²) in [5.74, 6) is 1.38. The van der Waals surface area contributed by atoms with Gasteiger partial charge in [-0.1, -0.05) is 6.92 Å². The Morgan fingerprint density at radius 1 is 1.70 bits per heavy atom. The summed E-state index contributed by atoms with van der Waals surface area (Å²) >= 11 is 1.57. The number of hydrogen-bond donors (Lipinski definition) is 0. The van der Waals surface area contributed by atoms with Crippen LogP contribution in [0, 0.1) is 11.3 Å². The van der Waals surface area contributed by atoms with E-state index in [1.807, 2.05) is 19.9 Å². The van der Waals surface area contributed by atoms with Crippen LogP contribution >= 0.6 is 11.8 Å². The Kier molecular flexibility index (Phi) is 6.10. The Labute approximate surface area is 65.9 Å². The van der Waals surface area contributed by atoms with Gasteiger partial charge in [-0.05, 0) is 12.7 Å². The molecule has 0 aliphatic carbocycles. The van der Waals surface area contributed by atoms with Crippen LogP contribution in [0.3, 0.4) is 0 Å². The number of ether oxygens (including phenoxy) is 1. The molecule has 0 amide bonds. The zero-order valence-corrected chi connectivity index (χ0v) is 7.07. The predicted molar refractivity (Wildman–Crippen MR) is 43.5 cm³/mol. The molecule has 0 bridgehead atoms. The molecule has 0 rings (SSSR count). The van der Waals surface area contributed by atoms with Crippen molar-refractivity contribution in [3.63, 3.8) is 0 Å². The number of hydrogen-bond acceptors (Lipinski definition) is 3. The zero-order valence-electron chi connectivity index (χ0n) is 6.26. The molecule has 2 nitrogen and oxygen atoms in total. The van der Waals surface area contributed by atoms with E-state index in [2.05, 4.69) is 0 Å². The molecule has 0 aromatic heterocycles. The fraction of sp³-hybridized carbons (Fsp3) is 0.571. The number of nitriles is 1. The van der Waals surface area contributed by atoms with E-state index < -0.39 is 0 Å². The molecule has 56 valence electrons. The molecule has 0 N–H and O–H groups in total. The first-order valence-electron chi connectivity index (χ1n) is 3.19. The van der Waals surface area contributed by atoms with E-state index in [1.54, 1.807) is 17.2 Å². The minimum atomic E-state index is 0.411. The highest BCUT2D eigenvalue weighted by Crippen LogP contribution is 2.06. The fourth-order valence-electron chi connectivity index (χ4n) is 0.407. The molecule has 0 unspecified atom stereocenters. The van der Waals surface area contributed by atoms with E-state index in [-0.39, 0.29) is 0 Å². The lowest BCUT2D eigenvalue weighted by atomic mass is 10.6. The van der Waals surface area contributed by atoms with Gasteiger partial charge in [-0.3, -0.25) is 0 Å². The van der Waals surface area contributed by atoms with Crippen LogP contribution in [0.1, 0.15) is 13.8 Å². The molecule has 0 aromatic carbocycles. The van der Waals surface area contributed by atoms with Gasteiger partial charge in [0.1, 0.15) is 6.07 Å². The molecule has 0 aliphatic heterocycles. The van der Waals surface area contributed by atoms with E-state index >= 15 is 0 Å². The highest BCUT2D eigenvalue weighted by Gasteiger charge is 1.90. The molecule has 0 saturated carbocycles. The van der Waals surface area contributed by atoms with E-state index in [0.29, 0.717) is 12.4 Å². The van der Waals surface area contributed by atoms with Crippen LogP contribution in [0.4, 0.5) is 0 Å². The standard InChI is InChI=1S/C7H11NOS/c1-3-9-7(5-8)6-10-4-2/h6H,3-4H2,1-2H3. The summed E-state index contributed by atoms with van der Waals surface area (Å²) in [6.45, 7) is 4.45. The Hall–Kier alpha value is -0.620. The van der Waals surface area contributed by atoms with Gasteiger partial charge >= 0.3 is 0 Å². The summed E-state index contributed by atoms with van der Waals surface area (Å²) in [6, 6.07) is 1.96. The van der Waals surface area contributed by atoms with Crippen LogP contribution in [-0.4, -0.2) is 12.4 Å². The lowest BCUT2D eigenvalue weighted by molar-refractivity contribution is 0.246. The minimum Gasteiger partial charge on any atom is -0.484 e. The number of nitrogens with zero attached hydrogens (tertiary/aromatic N) is 1. The molecular formula is C7H11NOS. The Balaban J connectivity index is 3.70. The molecular weight excluding hydrogens is 146 g/mol. The van der Waals surface area contributed by atoms with Gasteiger partial charge in [-0.15, -0.1) is 11.8 Å². The lowest BCUT2D eigenvalue weighted by Crippen LogP contribution is -1.86. The number of allylic oxidation sites excluding steroid dienone is 1. The molecule has 0 aliphatic rings. The van der Waals surface area contributed by atoms with Crippen molar-refractivity contribution < 1.29 is 4.74 Å². The molecule has 0 fully saturated rings. The monoisotopic (exact) mass is 157 g/mol. The van der Waals surface area contributed by atoms with E-state index in [0.717, 1.165) is 5.75 Å². The van der Waals surface area contributed by atoms with Crippen LogP contribution in [0.2, 0.25) is 0 Å². The average molecular weight is 157 g/mol. The Morgan fingerprint density at radius 3 is 2.80 bits per heavy atom. The summed E-state index contributed by atoms with van der Waals surface area (Å²) < 4.78 is 4.97. The predicted octanol–water partition coefficient (Wildman–Crippen LogP) is 2.14. The molecule has 3 heteroatoms. The summed E-state index contributed by atoms with van der Waals surface area (Å²) in [7, 11) is 0. The van der Waals surface area contributed by atoms with Crippen LogP contribution in [0.5, 0.6) is 0 Å². The molecule has 10 heavy (non-hydrogen) atoms. The van der Waals surface area contributed by atoms with Crippen molar-refractivity contribution in [3.8, 4) is 6.07 Å². The molecule has 0 radical (unpaired) electrons. The smallest absolute Gasteiger partial charge is 0.203 e. The summed E-state index contributed by atoms with van der Waals surface area (Å²) in [5.41, 5.74) is 0. The van der Waals surface area contributed by atoms with Crippen molar-refractivity contribution >= 4 is 11.8 Å². The van der Waals surface area contributed by atoms with Crippen molar-refractivity contribution in [1.29, 1.82) is 5.26 Å². The van der Waals surface area contributed by atoms with Crippen LogP contribution < -0.4 is 0 Å². The third kappa shape index (κ3) is 4.28. The molecule has 0 aromatic rings. The molecule has 0 heterocycles. The molecule has 0 saturated heterocycles. The van der Waals surface area contributed by atoms with Gasteiger partial charge in [0.05, 0.1) is 6.61 Å². The van der Waals surface area contributed by atoms with Gasteiger partial charge in [0, 0.05) is 5.41 Å². The largest absolute Gasteiger partial charge is 0.484 e. The Morgan fingerprint density at radius 2 is 2.40 bits per heavy atom. The SMILES string of the molecule is CCOC(C#N)=CSCC. The van der Waals surface area contributed by atoms with Crippen LogP contribution in [0.15, 0.2) is 11.2 Å². The van der Waals surface area contributed by atoms with E-state index in [4.69, 9.17) is 10.00 Å². The third-order valence-electron chi connectivity index (χ3n) is 0.767. The van der Waals surface area contributed by atoms with Crippen molar-refractivity contribution in [2.24, 2.45) is 0 Å². The van der Waals surface area contributed by atoms with Gasteiger partial charge in [-0.25, -0.2) is 0 Å². The highest BCUT2D eigenvalue weighted by molar-refractivity contribution is 8.02. The van der Waals surface area contributed by atoms with Crippen molar-refractivity contribution in [3.05, 3.63) is 11.2 Å². The second-order valence-electron chi connectivity index (χ2n) is 1.48. The molecule has 0 spiro atoms. The first-order valence-corrected chi connectivity index (χ1v) is 4.24. The van der Waals surface area contributed by atoms with E-state index in [9.17, 15) is 0 Å².